The number of ether oxygens (including phenoxy) is 2. The number of hydrogen-bond donors (Lipinski definition) is 0. The normalized spacial score (nSPS) is 17.7. The highest BCUT2D eigenvalue weighted by molar-refractivity contribution is 6.02. The van der Waals surface area contributed by atoms with Gasteiger partial charge in [0.15, 0.2) is 5.78 Å². The zero-order valence-corrected chi connectivity index (χ0v) is 8.74. The lowest BCUT2D eigenvalue weighted by molar-refractivity contribution is -0.141. The van der Waals surface area contributed by atoms with Crippen molar-refractivity contribution in [2.75, 3.05) is 14.2 Å². The van der Waals surface area contributed by atoms with Crippen LogP contribution in [0.15, 0.2) is 36.5 Å². The zero-order valence-electron chi connectivity index (χ0n) is 8.74. The van der Waals surface area contributed by atoms with E-state index in [1.54, 1.807) is 6.08 Å². The molecule has 0 bridgehead atoms. The van der Waals surface area contributed by atoms with Gasteiger partial charge in [0.05, 0.1) is 5.57 Å². The standard InChI is InChI=1S/C12H12O3/c1-4-5-6-10-9-11(13)7-8-12(10,14-2)15-3/h4,7-9H,1H2,2-3H3. The molecule has 1 aliphatic carbocycles. The maximum absolute atomic E-state index is 11.2. The van der Waals surface area contributed by atoms with Gasteiger partial charge < -0.3 is 9.47 Å². The van der Waals surface area contributed by atoms with Crippen LogP contribution in [0.4, 0.5) is 0 Å². The van der Waals surface area contributed by atoms with Crippen LogP contribution in [0.3, 0.4) is 0 Å². The largest absolute Gasteiger partial charge is 0.346 e. The smallest absolute Gasteiger partial charge is 0.223 e. The summed E-state index contributed by atoms with van der Waals surface area (Å²) < 4.78 is 10.4. The predicted molar refractivity (Wildman–Crippen MR) is 57.0 cm³/mol. The molecule has 0 aliphatic heterocycles. The zero-order chi connectivity index (χ0) is 11.3. The van der Waals surface area contributed by atoms with Crippen LogP contribution in [-0.4, -0.2) is 25.8 Å². The second-order valence-electron chi connectivity index (χ2n) is 2.84. The average molecular weight is 204 g/mol. The van der Waals surface area contributed by atoms with Crippen LogP contribution in [-0.2, 0) is 14.3 Å². The summed E-state index contributed by atoms with van der Waals surface area (Å²) in [4.78, 5) is 11.2. The van der Waals surface area contributed by atoms with Crippen molar-refractivity contribution in [3.63, 3.8) is 0 Å². The first-order chi connectivity index (χ1) is 7.18. The fraction of sp³-hybridized carbons (Fsp3) is 0.250. The molecular formula is C12H12O3. The van der Waals surface area contributed by atoms with Crippen LogP contribution >= 0.6 is 0 Å². The summed E-state index contributed by atoms with van der Waals surface area (Å²) in [6.07, 6.45) is 5.78. The van der Waals surface area contributed by atoms with Crippen molar-refractivity contribution >= 4 is 5.78 Å². The number of rotatable bonds is 2. The molecule has 0 aromatic heterocycles. The van der Waals surface area contributed by atoms with Gasteiger partial charge in [-0.05, 0) is 18.2 Å². The van der Waals surface area contributed by atoms with E-state index in [2.05, 4.69) is 18.4 Å². The molecule has 1 aliphatic rings. The summed E-state index contributed by atoms with van der Waals surface area (Å²) in [5.74, 6) is 4.24. The van der Waals surface area contributed by atoms with Crippen molar-refractivity contribution in [2.45, 2.75) is 5.79 Å². The van der Waals surface area contributed by atoms with E-state index in [1.165, 1.54) is 32.4 Å². The highest BCUT2D eigenvalue weighted by Crippen LogP contribution is 2.26. The minimum Gasteiger partial charge on any atom is -0.346 e. The minimum absolute atomic E-state index is 0.131. The molecule has 3 nitrogen and oxygen atoms in total. The third-order valence-corrected chi connectivity index (χ3v) is 2.04. The molecule has 0 saturated heterocycles. The Morgan fingerprint density at radius 2 is 2.13 bits per heavy atom. The lowest BCUT2D eigenvalue weighted by Crippen LogP contribution is -2.35. The molecule has 0 radical (unpaired) electrons. The van der Waals surface area contributed by atoms with E-state index in [0.717, 1.165) is 0 Å². The number of methoxy groups -OCH3 is 2. The molecule has 1 rings (SSSR count). The van der Waals surface area contributed by atoms with Gasteiger partial charge in [0, 0.05) is 20.3 Å². The Bertz CT molecular complexity index is 387. The summed E-state index contributed by atoms with van der Waals surface area (Å²) in [6, 6.07) is 0. The van der Waals surface area contributed by atoms with Crippen molar-refractivity contribution in [2.24, 2.45) is 0 Å². The number of ketones is 1. The van der Waals surface area contributed by atoms with Gasteiger partial charge in [-0.15, -0.1) is 0 Å². The van der Waals surface area contributed by atoms with Crippen LogP contribution in [0.1, 0.15) is 0 Å². The monoisotopic (exact) mass is 204 g/mol. The molecular weight excluding hydrogens is 192 g/mol. The molecule has 0 fully saturated rings. The maximum atomic E-state index is 11.2. The lowest BCUT2D eigenvalue weighted by atomic mass is 9.98. The lowest BCUT2D eigenvalue weighted by Gasteiger charge is -2.29. The van der Waals surface area contributed by atoms with Gasteiger partial charge >= 0.3 is 0 Å². The van der Waals surface area contributed by atoms with E-state index in [4.69, 9.17) is 9.47 Å². The highest BCUT2D eigenvalue weighted by Gasteiger charge is 2.33. The summed E-state index contributed by atoms with van der Waals surface area (Å²) in [5.41, 5.74) is 0.472. The third kappa shape index (κ3) is 2.24. The fourth-order valence-electron chi connectivity index (χ4n) is 1.26. The summed E-state index contributed by atoms with van der Waals surface area (Å²) >= 11 is 0. The van der Waals surface area contributed by atoms with Crippen molar-refractivity contribution in [3.8, 4) is 11.8 Å². The molecule has 0 heterocycles. The number of hydrogen-bond acceptors (Lipinski definition) is 3. The minimum atomic E-state index is -1.05. The topological polar surface area (TPSA) is 35.5 Å². The van der Waals surface area contributed by atoms with Crippen molar-refractivity contribution in [1.29, 1.82) is 0 Å². The average Bonchev–Trinajstić information content (AvgIpc) is 2.27. The first-order valence-electron chi connectivity index (χ1n) is 4.36. The Balaban J connectivity index is 3.15. The quantitative estimate of drug-likeness (QED) is 0.501. The van der Waals surface area contributed by atoms with Crippen LogP contribution < -0.4 is 0 Å². The maximum Gasteiger partial charge on any atom is 0.223 e. The third-order valence-electron chi connectivity index (χ3n) is 2.04. The van der Waals surface area contributed by atoms with Crippen LogP contribution in [0.25, 0.3) is 0 Å². The molecule has 3 heteroatoms. The fourth-order valence-corrected chi connectivity index (χ4v) is 1.26. The van der Waals surface area contributed by atoms with Crippen molar-refractivity contribution < 1.29 is 14.3 Å². The summed E-state index contributed by atoms with van der Waals surface area (Å²) in [7, 11) is 2.99. The molecule has 0 N–H and O–H groups in total. The molecule has 0 aromatic rings. The SMILES string of the molecule is C=CC#CC1=CC(=O)C=CC1(OC)OC. The first kappa shape index (κ1) is 11.4. The summed E-state index contributed by atoms with van der Waals surface area (Å²) in [5, 5.41) is 0. The molecule has 0 aromatic carbocycles. The molecule has 0 unspecified atom stereocenters. The Labute approximate surface area is 89.1 Å². The highest BCUT2D eigenvalue weighted by atomic mass is 16.7. The van der Waals surface area contributed by atoms with Crippen LogP contribution in [0, 0.1) is 11.8 Å². The van der Waals surface area contributed by atoms with Gasteiger partial charge in [-0.3, -0.25) is 4.79 Å². The van der Waals surface area contributed by atoms with E-state index in [9.17, 15) is 4.79 Å². The Kier molecular flexibility index (Phi) is 3.62. The van der Waals surface area contributed by atoms with Crippen molar-refractivity contribution in [3.05, 3.63) is 36.5 Å². The second-order valence-corrected chi connectivity index (χ2v) is 2.84. The van der Waals surface area contributed by atoms with E-state index in [1.807, 2.05) is 0 Å². The van der Waals surface area contributed by atoms with E-state index < -0.39 is 5.79 Å². The first-order valence-corrected chi connectivity index (χ1v) is 4.36. The van der Waals surface area contributed by atoms with E-state index in [0.29, 0.717) is 5.57 Å². The second kappa shape index (κ2) is 4.74. The van der Waals surface area contributed by atoms with E-state index >= 15 is 0 Å². The van der Waals surface area contributed by atoms with Gasteiger partial charge in [-0.25, -0.2) is 0 Å². The molecule has 0 saturated carbocycles. The summed E-state index contributed by atoms with van der Waals surface area (Å²) in [6.45, 7) is 3.48. The predicted octanol–water partition coefficient (Wildman–Crippen LogP) is 1.23. The Morgan fingerprint density at radius 3 is 2.67 bits per heavy atom. The Hall–Kier alpha value is -1.63. The van der Waals surface area contributed by atoms with Gasteiger partial charge in [-0.1, -0.05) is 18.4 Å². The Morgan fingerprint density at radius 1 is 1.47 bits per heavy atom. The van der Waals surface area contributed by atoms with Crippen molar-refractivity contribution in [1.82, 2.24) is 0 Å². The van der Waals surface area contributed by atoms with Gasteiger partial charge in [0.2, 0.25) is 5.79 Å². The van der Waals surface area contributed by atoms with Gasteiger partial charge in [-0.2, -0.15) is 0 Å². The van der Waals surface area contributed by atoms with Crippen LogP contribution in [0.5, 0.6) is 0 Å². The molecule has 15 heavy (non-hydrogen) atoms. The van der Waals surface area contributed by atoms with Gasteiger partial charge in [0.1, 0.15) is 0 Å². The molecule has 78 valence electrons. The van der Waals surface area contributed by atoms with Crippen LogP contribution in [0.2, 0.25) is 0 Å². The molecule has 0 spiro atoms. The number of carbonyl (C=O) groups excluding carboxylic acids is 1. The number of allylic oxidation sites excluding steroid dienone is 3. The molecule has 0 amide bonds. The number of carbonyl (C=O) groups is 1. The molecule has 0 atom stereocenters. The van der Waals surface area contributed by atoms with E-state index in [-0.39, 0.29) is 5.78 Å². The van der Waals surface area contributed by atoms with Gasteiger partial charge in [0.25, 0.3) is 0 Å².